The highest BCUT2D eigenvalue weighted by atomic mass is 32.1. The molecular formula is C8H10N2S. The molecule has 0 aliphatic carbocycles. The first kappa shape index (κ1) is 8.17. The van der Waals surface area contributed by atoms with Crippen LogP contribution in [0.15, 0.2) is 30.3 Å². The van der Waals surface area contributed by atoms with Gasteiger partial charge in [-0.1, -0.05) is 42.5 Å². The van der Waals surface area contributed by atoms with Crippen molar-refractivity contribution in [3.63, 3.8) is 0 Å². The highest BCUT2D eigenvalue weighted by Gasteiger charge is 2.00. The summed E-state index contributed by atoms with van der Waals surface area (Å²) in [7, 11) is 1.73. The molecule has 0 saturated heterocycles. The maximum atomic E-state index is 5.46. The number of nitrogens with zero attached hydrogens (tertiary/aromatic N) is 1. The van der Waals surface area contributed by atoms with Crippen LogP contribution < -0.4 is 5.84 Å². The van der Waals surface area contributed by atoms with Gasteiger partial charge in [-0.25, -0.2) is 5.84 Å². The maximum Gasteiger partial charge on any atom is 0.122 e. The average Bonchev–Trinajstić information content (AvgIpc) is 2.05. The molecule has 0 fully saturated rings. The lowest BCUT2D eigenvalue weighted by Gasteiger charge is -2.12. The molecule has 0 radical (unpaired) electrons. The quantitative estimate of drug-likeness (QED) is 0.386. The molecule has 0 aliphatic rings. The van der Waals surface area contributed by atoms with Gasteiger partial charge in [0, 0.05) is 12.6 Å². The first-order valence-corrected chi connectivity index (χ1v) is 3.70. The van der Waals surface area contributed by atoms with Crippen molar-refractivity contribution in [1.29, 1.82) is 0 Å². The van der Waals surface area contributed by atoms with Crippen LogP contribution in [0, 0.1) is 0 Å². The van der Waals surface area contributed by atoms with Gasteiger partial charge in [0.05, 0.1) is 0 Å². The molecule has 0 atom stereocenters. The fourth-order valence-electron chi connectivity index (χ4n) is 0.784. The van der Waals surface area contributed by atoms with E-state index >= 15 is 0 Å². The zero-order chi connectivity index (χ0) is 8.27. The van der Waals surface area contributed by atoms with Gasteiger partial charge in [-0.3, -0.25) is 0 Å². The summed E-state index contributed by atoms with van der Waals surface area (Å²) in [6.07, 6.45) is 0. The average molecular weight is 166 g/mol. The second-order valence-electron chi connectivity index (χ2n) is 2.28. The van der Waals surface area contributed by atoms with E-state index in [0.717, 1.165) is 5.56 Å². The van der Waals surface area contributed by atoms with E-state index < -0.39 is 0 Å². The predicted octanol–water partition coefficient (Wildman–Crippen LogP) is 1.17. The van der Waals surface area contributed by atoms with E-state index in [2.05, 4.69) is 0 Å². The fraction of sp³-hybridized carbons (Fsp3) is 0.125. The fourth-order valence-corrected chi connectivity index (χ4v) is 0.920. The Bertz CT molecular complexity index is 244. The largest absolute Gasteiger partial charge is 0.304 e. The van der Waals surface area contributed by atoms with Crippen LogP contribution in [0.1, 0.15) is 5.56 Å². The van der Waals surface area contributed by atoms with Crippen LogP contribution >= 0.6 is 12.2 Å². The van der Waals surface area contributed by atoms with E-state index in [1.807, 2.05) is 30.3 Å². The highest BCUT2D eigenvalue weighted by Crippen LogP contribution is 2.01. The summed E-state index contributed by atoms with van der Waals surface area (Å²) in [5, 5.41) is 1.44. The molecule has 0 aromatic heterocycles. The standard InChI is InChI=1S/C8H10N2S/c1-10(9)8(11)7-5-3-2-4-6-7/h2-6H,9H2,1H3. The number of rotatable bonds is 1. The molecule has 1 aromatic carbocycles. The molecule has 2 nitrogen and oxygen atoms in total. The summed E-state index contributed by atoms with van der Waals surface area (Å²) >= 11 is 5.05. The molecule has 0 bridgehead atoms. The minimum absolute atomic E-state index is 0.658. The van der Waals surface area contributed by atoms with E-state index in [0.29, 0.717) is 4.99 Å². The molecule has 1 aromatic rings. The van der Waals surface area contributed by atoms with Gasteiger partial charge in [0.25, 0.3) is 0 Å². The van der Waals surface area contributed by atoms with Gasteiger partial charge in [-0.15, -0.1) is 0 Å². The van der Waals surface area contributed by atoms with Gasteiger partial charge in [0.1, 0.15) is 4.99 Å². The van der Waals surface area contributed by atoms with Crippen molar-refractivity contribution in [3.05, 3.63) is 35.9 Å². The van der Waals surface area contributed by atoms with Crippen LogP contribution in [-0.4, -0.2) is 17.0 Å². The summed E-state index contributed by atoms with van der Waals surface area (Å²) in [5.74, 6) is 5.46. The van der Waals surface area contributed by atoms with E-state index in [4.69, 9.17) is 18.1 Å². The number of nitrogens with two attached hydrogens (primary N) is 1. The van der Waals surface area contributed by atoms with Crippen LogP contribution in [0.25, 0.3) is 0 Å². The number of hydrazine groups is 1. The lowest BCUT2D eigenvalue weighted by molar-refractivity contribution is 0.550. The van der Waals surface area contributed by atoms with Gasteiger partial charge < -0.3 is 5.01 Å². The highest BCUT2D eigenvalue weighted by molar-refractivity contribution is 7.80. The van der Waals surface area contributed by atoms with Gasteiger partial charge in [-0.2, -0.15) is 0 Å². The molecule has 3 heteroatoms. The SMILES string of the molecule is CN(N)C(=S)c1ccccc1. The van der Waals surface area contributed by atoms with Gasteiger partial charge in [0.2, 0.25) is 0 Å². The zero-order valence-corrected chi connectivity index (χ0v) is 7.14. The summed E-state index contributed by atoms with van der Waals surface area (Å²) < 4.78 is 0. The van der Waals surface area contributed by atoms with Gasteiger partial charge in [0.15, 0.2) is 0 Å². The summed E-state index contributed by atoms with van der Waals surface area (Å²) in [4.78, 5) is 0.658. The molecule has 0 aliphatic heterocycles. The third-order valence-electron chi connectivity index (χ3n) is 1.34. The number of hydrogen-bond donors (Lipinski definition) is 1. The third-order valence-corrected chi connectivity index (χ3v) is 1.86. The van der Waals surface area contributed by atoms with Crippen molar-refractivity contribution in [2.24, 2.45) is 5.84 Å². The number of thiocarbonyl (C=S) groups is 1. The Hall–Kier alpha value is -0.930. The smallest absolute Gasteiger partial charge is 0.122 e. The maximum absolute atomic E-state index is 5.46. The summed E-state index contributed by atoms with van der Waals surface area (Å²) in [6, 6.07) is 9.69. The minimum Gasteiger partial charge on any atom is -0.304 e. The van der Waals surface area contributed by atoms with Crippen molar-refractivity contribution in [2.75, 3.05) is 7.05 Å². The van der Waals surface area contributed by atoms with Crippen molar-refractivity contribution in [2.45, 2.75) is 0 Å². The van der Waals surface area contributed by atoms with E-state index in [-0.39, 0.29) is 0 Å². The van der Waals surface area contributed by atoms with E-state index in [1.165, 1.54) is 5.01 Å². The summed E-state index contributed by atoms with van der Waals surface area (Å²) in [6.45, 7) is 0. The Labute approximate surface area is 71.6 Å². The minimum atomic E-state index is 0.658. The molecule has 0 unspecified atom stereocenters. The summed E-state index contributed by atoms with van der Waals surface area (Å²) in [5.41, 5.74) is 0.979. The molecular weight excluding hydrogens is 156 g/mol. The first-order chi connectivity index (χ1) is 5.22. The van der Waals surface area contributed by atoms with Crippen molar-refractivity contribution in [3.8, 4) is 0 Å². The molecule has 11 heavy (non-hydrogen) atoms. The van der Waals surface area contributed by atoms with Crippen LogP contribution in [0.3, 0.4) is 0 Å². The number of hydrogen-bond acceptors (Lipinski definition) is 2. The Balaban J connectivity index is 2.86. The Kier molecular flexibility index (Phi) is 2.57. The second-order valence-corrected chi connectivity index (χ2v) is 2.67. The molecule has 0 amide bonds. The Morgan fingerprint density at radius 1 is 1.36 bits per heavy atom. The molecule has 0 saturated carbocycles. The molecule has 0 spiro atoms. The van der Waals surface area contributed by atoms with Crippen molar-refractivity contribution < 1.29 is 0 Å². The zero-order valence-electron chi connectivity index (χ0n) is 6.32. The number of benzene rings is 1. The monoisotopic (exact) mass is 166 g/mol. The van der Waals surface area contributed by atoms with E-state index in [9.17, 15) is 0 Å². The first-order valence-electron chi connectivity index (χ1n) is 3.29. The lowest BCUT2D eigenvalue weighted by atomic mass is 10.2. The molecule has 0 heterocycles. The van der Waals surface area contributed by atoms with Crippen LogP contribution in [0.2, 0.25) is 0 Å². The Morgan fingerprint density at radius 3 is 2.36 bits per heavy atom. The van der Waals surface area contributed by atoms with E-state index in [1.54, 1.807) is 7.05 Å². The van der Waals surface area contributed by atoms with Gasteiger partial charge >= 0.3 is 0 Å². The second kappa shape index (κ2) is 3.46. The van der Waals surface area contributed by atoms with Crippen LogP contribution in [-0.2, 0) is 0 Å². The molecule has 1 rings (SSSR count). The molecule has 58 valence electrons. The van der Waals surface area contributed by atoms with Crippen LogP contribution in [0.5, 0.6) is 0 Å². The van der Waals surface area contributed by atoms with Gasteiger partial charge in [-0.05, 0) is 0 Å². The predicted molar refractivity (Wildman–Crippen MR) is 50.1 cm³/mol. The van der Waals surface area contributed by atoms with Crippen molar-refractivity contribution in [1.82, 2.24) is 5.01 Å². The third kappa shape index (κ3) is 2.00. The molecule has 2 N–H and O–H groups in total. The Morgan fingerprint density at radius 2 is 1.91 bits per heavy atom. The van der Waals surface area contributed by atoms with Crippen molar-refractivity contribution >= 4 is 17.2 Å². The normalized spacial score (nSPS) is 9.27. The topological polar surface area (TPSA) is 29.3 Å². The lowest BCUT2D eigenvalue weighted by Crippen LogP contribution is -2.32. The van der Waals surface area contributed by atoms with Crippen LogP contribution in [0.4, 0.5) is 0 Å².